The molecule has 11 heteroatoms. The van der Waals surface area contributed by atoms with Gasteiger partial charge in [-0.15, -0.1) is 5.10 Å². The van der Waals surface area contributed by atoms with E-state index in [0.717, 1.165) is 0 Å². The first-order valence-electron chi connectivity index (χ1n) is 8.87. The van der Waals surface area contributed by atoms with E-state index in [1.807, 2.05) is 10.3 Å². The maximum atomic E-state index is 14.0. The maximum absolute atomic E-state index is 14.0. The highest BCUT2D eigenvalue weighted by Crippen LogP contribution is 2.35. The number of carbonyl (C=O) groups is 1. The van der Waals surface area contributed by atoms with Crippen molar-refractivity contribution < 1.29 is 22.4 Å². The van der Waals surface area contributed by atoms with Crippen LogP contribution in [0.15, 0.2) is 30.5 Å². The molecule has 1 aromatic heterocycles. The zero-order valence-corrected chi connectivity index (χ0v) is 15.9. The van der Waals surface area contributed by atoms with Crippen molar-refractivity contribution in [3.8, 4) is 0 Å². The van der Waals surface area contributed by atoms with E-state index in [1.165, 1.54) is 12.3 Å². The number of benzene rings is 1. The average Bonchev–Trinajstić information content (AvgIpc) is 2.66. The van der Waals surface area contributed by atoms with Crippen molar-refractivity contribution in [2.75, 3.05) is 23.4 Å². The number of halogens is 5. The summed E-state index contributed by atoms with van der Waals surface area (Å²) in [6.45, 7) is 1.18. The molecule has 156 valence electrons. The van der Waals surface area contributed by atoms with Crippen molar-refractivity contribution in [3.63, 3.8) is 0 Å². The van der Waals surface area contributed by atoms with E-state index in [1.54, 1.807) is 18.2 Å². The Morgan fingerprint density at radius 3 is 2.59 bits per heavy atom. The first-order valence-corrected chi connectivity index (χ1v) is 9.24. The number of aromatic nitrogens is 2. The van der Waals surface area contributed by atoms with E-state index >= 15 is 0 Å². The van der Waals surface area contributed by atoms with Crippen molar-refractivity contribution in [3.05, 3.63) is 46.9 Å². The van der Waals surface area contributed by atoms with Crippen molar-refractivity contribution in [1.82, 2.24) is 15.6 Å². The summed E-state index contributed by atoms with van der Waals surface area (Å²) in [6.07, 6.45) is -3.41. The summed E-state index contributed by atoms with van der Waals surface area (Å²) in [4.78, 5) is 13.2. The number of amides is 1. The van der Waals surface area contributed by atoms with Crippen LogP contribution in [0.25, 0.3) is 0 Å². The number of carbonyl (C=O) groups excluding carboxylic acids is 1. The third kappa shape index (κ3) is 5.47. The topological polar surface area (TPSA) is 70.1 Å². The normalized spacial score (nSPS) is 15.3. The second-order valence-corrected chi connectivity index (χ2v) is 7.02. The Bertz CT molecular complexity index is 872. The summed E-state index contributed by atoms with van der Waals surface area (Å²) in [5.74, 6) is -1.47. The first-order chi connectivity index (χ1) is 13.7. The average molecular weight is 432 g/mol. The van der Waals surface area contributed by atoms with Crippen molar-refractivity contribution in [1.29, 1.82) is 0 Å². The Morgan fingerprint density at radius 1 is 1.24 bits per heavy atom. The van der Waals surface area contributed by atoms with E-state index < -0.39 is 18.5 Å². The van der Waals surface area contributed by atoms with Crippen LogP contribution >= 0.6 is 11.6 Å². The summed E-state index contributed by atoms with van der Waals surface area (Å²) >= 11 is 6.30. The number of hydrogen-bond donors (Lipinski definition) is 2. The van der Waals surface area contributed by atoms with Gasteiger partial charge >= 0.3 is 6.18 Å². The van der Waals surface area contributed by atoms with Gasteiger partial charge in [0.25, 0.3) is 0 Å². The molecule has 0 saturated carbocycles. The van der Waals surface area contributed by atoms with Crippen molar-refractivity contribution in [2.24, 2.45) is 0 Å². The predicted octanol–water partition coefficient (Wildman–Crippen LogP) is 4.05. The second-order valence-electron chi connectivity index (χ2n) is 6.64. The van der Waals surface area contributed by atoms with Crippen LogP contribution in [0.3, 0.4) is 0 Å². The predicted molar refractivity (Wildman–Crippen MR) is 100 cm³/mol. The molecule has 0 unspecified atom stereocenters. The molecule has 1 aromatic carbocycles. The van der Waals surface area contributed by atoms with E-state index in [0.29, 0.717) is 37.2 Å². The number of anilines is 2. The lowest BCUT2D eigenvalue weighted by Gasteiger charge is -2.34. The SMILES string of the molecule is O=C(CC(F)(F)F)NNc1nncc(N2CCC(c3ccccc3F)CC2)c1Cl. The van der Waals surface area contributed by atoms with Crippen LogP contribution in [0.4, 0.5) is 29.1 Å². The van der Waals surface area contributed by atoms with Crippen LogP contribution in [0.1, 0.15) is 30.7 Å². The number of rotatable bonds is 5. The van der Waals surface area contributed by atoms with Crippen LogP contribution in [0.2, 0.25) is 5.02 Å². The van der Waals surface area contributed by atoms with Crippen LogP contribution in [0, 0.1) is 5.82 Å². The lowest BCUT2D eigenvalue weighted by molar-refractivity contribution is -0.153. The Morgan fingerprint density at radius 2 is 1.93 bits per heavy atom. The fourth-order valence-electron chi connectivity index (χ4n) is 3.26. The lowest BCUT2D eigenvalue weighted by Crippen LogP contribution is -2.35. The fraction of sp³-hybridized carbons (Fsp3) is 0.389. The molecule has 0 bridgehead atoms. The molecule has 2 aromatic rings. The summed E-state index contributed by atoms with van der Waals surface area (Å²) in [6, 6.07) is 6.68. The molecule has 6 nitrogen and oxygen atoms in total. The Kier molecular flexibility index (Phi) is 6.41. The summed E-state index contributed by atoms with van der Waals surface area (Å²) < 4.78 is 50.7. The zero-order valence-electron chi connectivity index (χ0n) is 15.1. The minimum absolute atomic E-state index is 0.0593. The van der Waals surface area contributed by atoms with Gasteiger partial charge in [-0.3, -0.25) is 15.6 Å². The molecule has 1 aliphatic heterocycles. The van der Waals surface area contributed by atoms with Gasteiger partial charge in [0.05, 0.1) is 11.9 Å². The number of piperidine rings is 1. The maximum Gasteiger partial charge on any atom is 0.397 e. The van der Waals surface area contributed by atoms with E-state index in [4.69, 9.17) is 11.6 Å². The summed E-state index contributed by atoms with van der Waals surface area (Å²) in [7, 11) is 0. The molecule has 2 N–H and O–H groups in total. The number of nitrogens with one attached hydrogen (secondary N) is 2. The van der Waals surface area contributed by atoms with Crippen LogP contribution in [-0.2, 0) is 4.79 Å². The van der Waals surface area contributed by atoms with Gasteiger partial charge in [-0.05, 0) is 30.4 Å². The Labute approximate surface area is 169 Å². The molecule has 29 heavy (non-hydrogen) atoms. The fourth-order valence-corrected chi connectivity index (χ4v) is 3.51. The van der Waals surface area contributed by atoms with Gasteiger partial charge in [0, 0.05) is 13.1 Å². The number of nitrogens with zero attached hydrogens (tertiary/aromatic N) is 3. The molecule has 1 aliphatic rings. The quantitative estimate of drug-likeness (QED) is 0.552. The minimum Gasteiger partial charge on any atom is -0.369 e. The lowest BCUT2D eigenvalue weighted by atomic mass is 9.89. The van der Waals surface area contributed by atoms with E-state index in [9.17, 15) is 22.4 Å². The molecule has 0 atom stereocenters. The highest BCUT2D eigenvalue weighted by molar-refractivity contribution is 6.35. The first kappa shape index (κ1) is 21.1. The number of alkyl halides is 3. The Hall–Kier alpha value is -2.62. The third-order valence-electron chi connectivity index (χ3n) is 4.63. The van der Waals surface area contributed by atoms with Gasteiger partial charge in [0.15, 0.2) is 5.82 Å². The second kappa shape index (κ2) is 8.81. The molecule has 0 radical (unpaired) electrons. The smallest absolute Gasteiger partial charge is 0.369 e. The molecule has 1 amide bonds. The molecule has 1 fully saturated rings. The molecule has 0 spiro atoms. The van der Waals surface area contributed by atoms with Gasteiger partial charge in [-0.1, -0.05) is 29.8 Å². The molecule has 1 saturated heterocycles. The standard InChI is InChI=1S/C18H18ClF4N5O/c19-16-14(10-24-26-17(16)27-25-15(29)9-18(21,22)23)28-7-5-11(6-8-28)12-3-1-2-4-13(12)20/h1-4,10-11H,5-9H2,(H,25,29)(H,26,27). The van der Waals surface area contributed by atoms with Crippen molar-refractivity contribution in [2.45, 2.75) is 31.4 Å². The molecule has 3 rings (SSSR count). The Balaban J connectivity index is 1.63. The van der Waals surface area contributed by atoms with Gasteiger partial charge in [-0.25, -0.2) is 4.39 Å². The van der Waals surface area contributed by atoms with E-state index in [-0.39, 0.29) is 22.6 Å². The highest BCUT2D eigenvalue weighted by Gasteiger charge is 2.31. The monoisotopic (exact) mass is 431 g/mol. The zero-order chi connectivity index (χ0) is 21.0. The number of hydrazine groups is 1. The number of hydrogen-bond acceptors (Lipinski definition) is 5. The minimum atomic E-state index is -4.62. The van der Waals surface area contributed by atoms with Crippen LogP contribution in [-0.4, -0.2) is 35.4 Å². The highest BCUT2D eigenvalue weighted by atomic mass is 35.5. The summed E-state index contributed by atoms with van der Waals surface area (Å²) in [5, 5.41) is 7.63. The molecule has 0 aliphatic carbocycles. The van der Waals surface area contributed by atoms with E-state index in [2.05, 4.69) is 15.6 Å². The van der Waals surface area contributed by atoms with Crippen LogP contribution < -0.4 is 15.8 Å². The van der Waals surface area contributed by atoms with Gasteiger partial charge in [0.2, 0.25) is 5.91 Å². The van der Waals surface area contributed by atoms with Gasteiger partial charge in [0.1, 0.15) is 17.3 Å². The summed E-state index contributed by atoms with van der Waals surface area (Å²) in [5.41, 5.74) is 5.39. The van der Waals surface area contributed by atoms with Gasteiger partial charge in [-0.2, -0.15) is 18.3 Å². The molecular weight excluding hydrogens is 414 g/mol. The van der Waals surface area contributed by atoms with Crippen molar-refractivity contribution >= 4 is 29.0 Å². The third-order valence-corrected chi connectivity index (χ3v) is 5.01. The van der Waals surface area contributed by atoms with Gasteiger partial charge < -0.3 is 4.90 Å². The van der Waals surface area contributed by atoms with Crippen LogP contribution in [0.5, 0.6) is 0 Å². The molecular formula is C18H18ClF4N5O. The molecule has 2 heterocycles. The largest absolute Gasteiger partial charge is 0.397 e.